The number of amides is 1. The Hall–Kier alpha value is -2.06. The van der Waals surface area contributed by atoms with Gasteiger partial charge in [0.05, 0.1) is 17.9 Å². The molecule has 0 aromatic heterocycles. The van der Waals surface area contributed by atoms with Crippen molar-refractivity contribution >= 4 is 11.6 Å². The van der Waals surface area contributed by atoms with Gasteiger partial charge in [-0.1, -0.05) is 20.3 Å². The van der Waals surface area contributed by atoms with Crippen molar-refractivity contribution in [1.82, 2.24) is 0 Å². The monoisotopic (exact) mass is 344 g/mol. The topological polar surface area (TPSA) is 71.3 Å². The third-order valence-electron chi connectivity index (χ3n) is 4.62. The van der Waals surface area contributed by atoms with Crippen LogP contribution < -0.4 is 10.1 Å². The van der Waals surface area contributed by atoms with Gasteiger partial charge < -0.3 is 14.8 Å². The normalized spacial score (nSPS) is 22.9. The van der Waals surface area contributed by atoms with Crippen molar-refractivity contribution in [2.24, 2.45) is 5.92 Å². The lowest BCUT2D eigenvalue weighted by atomic mass is 9.78. The van der Waals surface area contributed by atoms with Crippen LogP contribution in [0.5, 0.6) is 5.75 Å². The standard InChI is InChI=1S/C20H28N2O3/c1-4-11-25-20(10-6-7-15(3)13-20)19(23)22-18-9-8-17(24-5-2)12-16(18)14-21/h8-9,12,15H,4-7,10-11,13H2,1-3H3,(H,22,23)/t15-,20-/m0/s1. The molecule has 1 fully saturated rings. The maximum Gasteiger partial charge on any atom is 0.256 e. The lowest BCUT2D eigenvalue weighted by molar-refractivity contribution is -0.148. The van der Waals surface area contributed by atoms with Crippen LogP contribution in [-0.2, 0) is 9.53 Å². The predicted molar refractivity (Wildman–Crippen MR) is 97.6 cm³/mol. The molecule has 1 aromatic carbocycles. The molecule has 25 heavy (non-hydrogen) atoms. The van der Waals surface area contributed by atoms with E-state index in [9.17, 15) is 10.1 Å². The Kier molecular flexibility index (Phi) is 6.83. The summed E-state index contributed by atoms with van der Waals surface area (Å²) in [6, 6.07) is 7.28. The lowest BCUT2D eigenvalue weighted by Gasteiger charge is -2.38. The molecule has 1 aliphatic carbocycles. The molecule has 0 radical (unpaired) electrons. The summed E-state index contributed by atoms with van der Waals surface area (Å²) in [5.74, 6) is 0.931. The van der Waals surface area contributed by atoms with Gasteiger partial charge in [-0.3, -0.25) is 4.79 Å². The van der Waals surface area contributed by atoms with Crippen LogP contribution in [0.25, 0.3) is 0 Å². The highest BCUT2D eigenvalue weighted by Gasteiger charge is 2.42. The number of hydrogen-bond donors (Lipinski definition) is 1. The van der Waals surface area contributed by atoms with Gasteiger partial charge in [0.15, 0.2) is 0 Å². The number of ether oxygens (including phenoxy) is 2. The van der Waals surface area contributed by atoms with Gasteiger partial charge in [-0.2, -0.15) is 5.26 Å². The Balaban J connectivity index is 2.21. The highest BCUT2D eigenvalue weighted by molar-refractivity contribution is 5.98. The van der Waals surface area contributed by atoms with Gasteiger partial charge in [0.1, 0.15) is 17.4 Å². The molecule has 2 atom stereocenters. The number of hydrogen-bond acceptors (Lipinski definition) is 4. The number of rotatable bonds is 7. The SMILES string of the molecule is CCCO[C@@]1(C(=O)Nc2ccc(OCC)cc2C#N)CCC[C@H](C)C1. The fraction of sp³-hybridized carbons (Fsp3) is 0.600. The first-order chi connectivity index (χ1) is 12.0. The van der Waals surface area contributed by atoms with Gasteiger partial charge >= 0.3 is 0 Å². The Morgan fingerprint density at radius 3 is 2.88 bits per heavy atom. The van der Waals surface area contributed by atoms with Gasteiger partial charge in [0.25, 0.3) is 5.91 Å². The molecular formula is C20H28N2O3. The summed E-state index contributed by atoms with van der Waals surface area (Å²) in [7, 11) is 0. The van der Waals surface area contributed by atoms with Crippen molar-refractivity contribution in [3.8, 4) is 11.8 Å². The van der Waals surface area contributed by atoms with E-state index < -0.39 is 5.60 Å². The largest absolute Gasteiger partial charge is 0.494 e. The molecule has 1 N–H and O–H groups in total. The fourth-order valence-corrected chi connectivity index (χ4v) is 3.42. The van der Waals surface area contributed by atoms with Crippen LogP contribution in [0.2, 0.25) is 0 Å². The molecule has 0 bridgehead atoms. The number of benzene rings is 1. The second-order valence-electron chi connectivity index (χ2n) is 6.75. The summed E-state index contributed by atoms with van der Waals surface area (Å²) in [4.78, 5) is 13.0. The summed E-state index contributed by atoms with van der Waals surface area (Å²) >= 11 is 0. The zero-order chi connectivity index (χ0) is 18.3. The zero-order valence-corrected chi connectivity index (χ0v) is 15.4. The van der Waals surface area contributed by atoms with E-state index in [4.69, 9.17) is 9.47 Å². The number of nitrogens with zero attached hydrogens (tertiary/aromatic N) is 1. The van der Waals surface area contributed by atoms with E-state index in [0.29, 0.717) is 36.1 Å². The zero-order valence-electron chi connectivity index (χ0n) is 15.4. The highest BCUT2D eigenvalue weighted by atomic mass is 16.5. The van der Waals surface area contributed by atoms with Crippen LogP contribution in [0, 0.1) is 17.2 Å². The molecule has 1 saturated carbocycles. The average Bonchev–Trinajstić information content (AvgIpc) is 2.61. The minimum atomic E-state index is -0.793. The van der Waals surface area contributed by atoms with Crippen LogP contribution in [0.3, 0.4) is 0 Å². The van der Waals surface area contributed by atoms with Crippen molar-refractivity contribution in [2.75, 3.05) is 18.5 Å². The van der Waals surface area contributed by atoms with Crippen LogP contribution in [0.15, 0.2) is 18.2 Å². The highest BCUT2D eigenvalue weighted by Crippen LogP contribution is 2.36. The van der Waals surface area contributed by atoms with E-state index in [2.05, 4.69) is 18.3 Å². The minimum absolute atomic E-state index is 0.145. The van der Waals surface area contributed by atoms with Gasteiger partial charge in [-0.15, -0.1) is 0 Å². The first-order valence-corrected chi connectivity index (χ1v) is 9.17. The molecule has 5 heteroatoms. The molecule has 1 aromatic rings. The molecular weight excluding hydrogens is 316 g/mol. The maximum absolute atomic E-state index is 13.0. The average molecular weight is 344 g/mol. The Morgan fingerprint density at radius 1 is 1.44 bits per heavy atom. The molecule has 2 rings (SSSR count). The minimum Gasteiger partial charge on any atom is -0.494 e. The van der Waals surface area contributed by atoms with Crippen molar-refractivity contribution in [3.05, 3.63) is 23.8 Å². The number of nitriles is 1. The summed E-state index contributed by atoms with van der Waals surface area (Å²) in [6.07, 6.45) is 4.42. The van der Waals surface area contributed by atoms with Gasteiger partial charge in [0, 0.05) is 6.61 Å². The first-order valence-electron chi connectivity index (χ1n) is 9.17. The first kappa shape index (κ1) is 19.3. The third kappa shape index (κ3) is 4.73. The molecule has 136 valence electrons. The quantitative estimate of drug-likeness (QED) is 0.802. The summed E-state index contributed by atoms with van der Waals surface area (Å²) in [5.41, 5.74) is 0.112. The van der Waals surface area contributed by atoms with Crippen LogP contribution >= 0.6 is 0 Å². The molecule has 0 saturated heterocycles. The Morgan fingerprint density at radius 2 is 2.24 bits per heavy atom. The smallest absolute Gasteiger partial charge is 0.256 e. The second kappa shape index (κ2) is 8.87. The van der Waals surface area contributed by atoms with Crippen molar-refractivity contribution < 1.29 is 14.3 Å². The van der Waals surface area contributed by atoms with Crippen LogP contribution in [-0.4, -0.2) is 24.7 Å². The lowest BCUT2D eigenvalue weighted by Crippen LogP contribution is -2.48. The van der Waals surface area contributed by atoms with Gasteiger partial charge in [-0.25, -0.2) is 0 Å². The van der Waals surface area contributed by atoms with E-state index in [0.717, 1.165) is 32.1 Å². The summed E-state index contributed by atoms with van der Waals surface area (Å²) in [6.45, 7) is 7.18. The van der Waals surface area contributed by atoms with Crippen molar-refractivity contribution in [2.45, 2.75) is 58.5 Å². The van der Waals surface area contributed by atoms with E-state index >= 15 is 0 Å². The van der Waals surface area contributed by atoms with E-state index in [-0.39, 0.29) is 5.91 Å². The molecule has 0 unspecified atom stereocenters. The fourth-order valence-electron chi connectivity index (χ4n) is 3.42. The van der Waals surface area contributed by atoms with E-state index in [1.165, 1.54) is 0 Å². The molecule has 0 spiro atoms. The number of carbonyl (C=O) groups excluding carboxylic acids is 1. The molecule has 1 amide bonds. The van der Waals surface area contributed by atoms with Gasteiger partial charge in [0.2, 0.25) is 0 Å². The molecule has 5 nitrogen and oxygen atoms in total. The molecule has 0 heterocycles. The van der Waals surface area contributed by atoms with Crippen LogP contribution in [0.1, 0.15) is 58.4 Å². The van der Waals surface area contributed by atoms with E-state index in [1.807, 2.05) is 13.8 Å². The second-order valence-corrected chi connectivity index (χ2v) is 6.75. The van der Waals surface area contributed by atoms with E-state index in [1.54, 1.807) is 18.2 Å². The number of nitrogens with one attached hydrogen (secondary N) is 1. The Labute approximate surface area is 150 Å². The number of carbonyl (C=O) groups is 1. The molecule has 1 aliphatic rings. The summed E-state index contributed by atoms with van der Waals surface area (Å²) in [5, 5.41) is 12.3. The van der Waals surface area contributed by atoms with Gasteiger partial charge in [-0.05, 0) is 56.7 Å². The predicted octanol–water partition coefficient (Wildman–Crippen LogP) is 4.27. The molecule has 0 aliphatic heterocycles. The third-order valence-corrected chi connectivity index (χ3v) is 4.62. The maximum atomic E-state index is 13.0. The number of anilines is 1. The van der Waals surface area contributed by atoms with Crippen molar-refractivity contribution in [1.29, 1.82) is 5.26 Å². The van der Waals surface area contributed by atoms with Crippen molar-refractivity contribution in [3.63, 3.8) is 0 Å². The Bertz CT molecular complexity index is 638. The summed E-state index contributed by atoms with van der Waals surface area (Å²) < 4.78 is 11.5. The van der Waals surface area contributed by atoms with Crippen LogP contribution in [0.4, 0.5) is 5.69 Å².